The lowest BCUT2D eigenvalue weighted by atomic mass is 9.98. The van der Waals surface area contributed by atoms with Crippen LogP contribution in [0.3, 0.4) is 0 Å². The van der Waals surface area contributed by atoms with E-state index in [2.05, 4.69) is 41.4 Å². The Kier molecular flexibility index (Phi) is 6.04. The number of rotatable bonds is 5. The van der Waals surface area contributed by atoms with Gasteiger partial charge in [-0.15, -0.1) is 0 Å². The molecule has 3 N–H and O–H groups in total. The van der Waals surface area contributed by atoms with E-state index in [1.807, 2.05) is 24.3 Å². The number of hydrogen-bond donors (Lipinski definition) is 2. The molecule has 1 aliphatic carbocycles. The predicted molar refractivity (Wildman–Crippen MR) is 122 cm³/mol. The Balaban J connectivity index is 1.28. The summed E-state index contributed by atoms with van der Waals surface area (Å²) in [5.74, 6) is 5.77. The number of nitro benzene ring substituents is 1. The maximum Gasteiger partial charge on any atom is 0.407 e. The molecule has 1 aliphatic rings. The van der Waals surface area contributed by atoms with Crippen LogP contribution in [-0.2, 0) is 4.74 Å². The summed E-state index contributed by atoms with van der Waals surface area (Å²) in [6.45, 7) is 0.571. The van der Waals surface area contributed by atoms with E-state index < -0.39 is 11.0 Å². The van der Waals surface area contributed by atoms with Gasteiger partial charge in [0.25, 0.3) is 5.69 Å². The number of nitrogens with zero attached hydrogens (tertiary/aromatic N) is 1. The van der Waals surface area contributed by atoms with Crippen LogP contribution in [0.1, 0.15) is 29.0 Å². The number of fused-ring (bicyclic) bond motifs is 3. The van der Waals surface area contributed by atoms with E-state index in [9.17, 15) is 14.9 Å². The van der Waals surface area contributed by atoms with E-state index in [4.69, 9.17) is 10.5 Å². The monoisotopic (exact) mass is 427 g/mol. The summed E-state index contributed by atoms with van der Waals surface area (Å²) in [7, 11) is 0. The standard InChI is InChI=1S/C25H21N3O4/c26-24-15-18(28(30)31)13-12-17(24)7-5-6-14-27-25(29)32-16-23-21-10-3-1-8-19(21)20-9-2-4-11-22(20)23/h1-4,8-13,15,23H,6,14,16,26H2,(H,27,29). The van der Waals surface area contributed by atoms with E-state index in [-0.39, 0.29) is 23.9 Å². The number of hydrogen-bond acceptors (Lipinski definition) is 5. The summed E-state index contributed by atoms with van der Waals surface area (Å²) in [6.07, 6.45) is -0.107. The molecule has 0 atom stereocenters. The third-order valence-electron chi connectivity index (χ3n) is 5.33. The molecular formula is C25H21N3O4. The molecular weight excluding hydrogens is 406 g/mol. The number of nitrogens with one attached hydrogen (secondary N) is 1. The Labute approximate surface area is 185 Å². The first-order valence-electron chi connectivity index (χ1n) is 10.2. The van der Waals surface area contributed by atoms with Gasteiger partial charge in [-0.1, -0.05) is 60.4 Å². The molecule has 32 heavy (non-hydrogen) atoms. The second-order valence-electron chi connectivity index (χ2n) is 7.33. The van der Waals surface area contributed by atoms with Crippen LogP contribution in [0.2, 0.25) is 0 Å². The Bertz CT molecular complexity index is 1200. The molecule has 3 aromatic rings. The van der Waals surface area contributed by atoms with Gasteiger partial charge in [0.1, 0.15) is 6.61 Å². The molecule has 0 unspecified atom stereocenters. The minimum atomic E-state index is -0.508. The number of carbonyl (C=O) groups is 1. The topological polar surface area (TPSA) is 107 Å². The van der Waals surface area contributed by atoms with Gasteiger partial charge in [0.2, 0.25) is 0 Å². The molecule has 0 heterocycles. The Hall–Kier alpha value is -4.31. The van der Waals surface area contributed by atoms with Crippen LogP contribution in [0.4, 0.5) is 16.2 Å². The van der Waals surface area contributed by atoms with Gasteiger partial charge in [-0.25, -0.2) is 4.79 Å². The minimum absolute atomic E-state index is 0.0121. The van der Waals surface area contributed by atoms with Gasteiger partial charge in [0, 0.05) is 36.6 Å². The smallest absolute Gasteiger partial charge is 0.407 e. The third-order valence-corrected chi connectivity index (χ3v) is 5.33. The first kappa shape index (κ1) is 20.9. The van der Waals surface area contributed by atoms with Gasteiger partial charge in [0.15, 0.2) is 0 Å². The van der Waals surface area contributed by atoms with E-state index in [1.54, 1.807) is 0 Å². The van der Waals surface area contributed by atoms with Crippen molar-refractivity contribution in [1.29, 1.82) is 0 Å². The van der Waals surface area contributed by atoms with Crippen LogP contribution in [0.15, 0.2) is 66.7 Å². The van der Waals surface area contributed by atoms with E-state index in [1.165, 1.54) is 29.3 Å². The molecule has 0 spiro atoms. The van der Waals surface area contributed by atoms with Crippen molar-refractivity contribution in [3.63, 3.8) is 0 Å². The summed E-state index contributed by atoms with van der Waals surface area (Å²) >= 11 is 0. The van der Waals surface area contributed by atoms with E-state index in [0.29, 0.717) is 18.5 Å². The molecule has 7 nitrogen and oxygen atoms in total. The van der Waals surface area contributed by atoms with Crippen LogP contribution in [0.5, 0.6) is 0 Å². The van der Waals surface area contributed by atoms with Crippen molar-refractivity contribution < 1.29 is 14.5 Å². The highest BCUT2D eigenvalue weighted by Gasteiger charge is 2.28. The van der Waals surface area contributed by atoms with Crippen molar-refractivity contribution in [1.82, 2.24) is 5.32 Å². The summed E-state index contributed by atoms with van der Waals surface area (Å²) in [5, 5.41) is 13.4. The number of nitro groups is 1. The van der Waals surface area contributed by atoms with E-state index >= 15 is 0 Å². The number of alkyl carbamates (subject to hydrolysis) is 1. The van der Waals surface area contributed by atoms with Crippen LogP contribution >= 0.6 is 0 Å². The van der Waals surface area contributed by atoms with Crippen molar-refractivity contribution in [2.24, 2.45) is 0 Å². The highest BCUT2D eigenvalue weighted by atomic mass is 16.6. The Morgan fingerprint density at radius 1 is 1.06 bits per heavy atom. The predicted octanol–water partition coefficient (Wildman–Crippen LogP) is 4.46. The summed E-state index contributed by atoms with van der Waals surface area (Å²) in [4.78, 5) is 22.4. The molecule has 1 amide bonds. The zero-order valence-corrected chi connectivity index (χ0v) is 17.2. The van der Waals surface area contributed by atoms with Crippen LogP contribution in [0.25, 0.3) is 11.1 Å². The maximum atomic E-state index is 12.1. The lowest BCUT2D eigenvalue weighted by Crippen LogP contribution is -2.26. The van der Waals surface area contributed by atoms with Crippen molar-refractivity contribution in [3.8, 4) is 23.0 Å². The number of amides is 1. The molecule has 3 aromatic carbocycles. The van der Waals surface area contributed by atoms with Gasteiger partial charge in [-0.2, -0.15) is 0 Å². The van der Waals surface area contributed by atoms with Gasteiger partial charge in [-0.3, -0.25) is 10.1 Å². The first-order chi connectivity index (χ1) is 15.5. The summed E-state index contributed by atoms with van der Waals surface area (Å²) in [5.41, 5.74) is 11.1. The Morgan fingerprint density at radius 3 is 2.34 bits per heavy atom. The number of carbonyl (C=O) groups excluding carboxylic acids is 1. The third kappa shape index (κ3) is 4.40. The zero-order chi connectivity index (χ0) is 22.5. The fourth-order valence-electron chi connectivity index (χ4n) is 3.81. The largest absolute Gasteiger partial charge is 0.449 e. The molecule has 0 fully saturated rings. The van der Waals surface area contributed by atoms with Gasteiger partial charge >= 0.3 is 6.09 Å². The van der Waals surface area contributed by atoms with Gasteiger partial charge in [-0.05, 0) is 28.3 Å². The van der Waals surface area contributed by atoms with Gasteiger partial charge < -0.3 is 15.8 Å². The first-order valence-corrected chi connectivity index (χ1v) is 10.2. The zero-order valence-electron chi connectivity index (χ0n) is 17.2. The summed E-state index contributed by atoms with van der Waals surface area (Å²) < 4.78 is 5.48. The quantitative estimate of drug-likeness (QED) is 0.206. The average Bonchev–Trinajstić information content (AvgIpc) is 3.12. The summed E-state index contributed by atoms with van der Waals surface area (Å²) in [6, 6.07) is 20.5. The number of benzene rings is 3. The van der Waals surface area contributed by atoms with Crippen molar-refractivity contribution in [2.75, 3.05) is 18.9 Å². The van der Waals surface area contributed by atoms with Crippen molar-refractivity contribution in [2.45, 2.75) is 12.3 Å². The lowest BCUT2D eigenvalue weighted by molar-refractivity contribution is -0.384. The molecule has 0 saturated carbocycles. The number of nitrogen functional groups attached to an aromatic ring is 1. The van der Waals surface area contributed by atoms with Crippen molar-refractivity contribution in [3.05, 3.63) is 93.5 Å². The normalized spacial score (nSPS) is 11.6. The molecule has 0 aliphatic heterocycles. The number of non-ortho nitro benzene ring substituents is 1. The van der Waals surface area contributed by atoms with Gasteiger partial charge in [0.05, 0.1) is 10.6 Å². The second-order valence-corrected chi connectivity index (χ2v) is 7.33. The molecule has 7 heteroatoms. The second kappa shape index (κ2) is 9.23. The highest BCUT2D eigenvalue weighted by Crippen LogP contribution is 2.44. The van der Waals surface area contributed by atoms with Crippen LogP contribution in [-0.4, -0.2) is 24.2 Å². The number of ether oxygens (including phenoxy) is 1. The lowest BCUT2D eigenvalue weighted by Gasteiger charge is -2.14. The average molecular weight is 427 g/mol. The molecule has 0 aromatic heterocycles. The van der Waals surface area contributed by atoms with Crippen LogP contribution in [0, 0.1) is 22.0 Å². The van der Waals surface area contributed by atoms with E-state index in [0.717, 1.165) is 11.1 Å². The highest BCUT2D eigenvalue weighted by molar-refractivity contribution is 5.79. The SMILES string of the molecule is Nc1cc([N+](=O)[O-])ccc1C#CCCNC(=O)OCC1c2ccccc2-c2ccccc21. The maximum absolute atomic E-state index is 12.1. The molecule has 160 valence electrons. The molecule has 0 bridgehead atoms. The fraction of sp³-hybridized carbons (Fsp3) is 0.160. The minimum Gasteiger partial charge on any atom is -0.449 e. The fourth-order valence-corrected chi connectivity index (χ4v) is 3.81. The number of anilines is 1. The number of nitrogens with two attached hydrogens (primary N) is 1. The van der Waals surface area contributed by atoms with Crippen molar-refractivity contribution >= 4 is 17.5 Å². The Morgan fingerprint density at radius 2 is 1.72 bits per heavy atom. The molecule has 4 rings (SSSR count). The van der Waals surface area contributed by atoms with Crippen LogP contribution < -0.4 is 11.1 Å². The molecule has 0 radical (unpaired) electrons. The molecule has 0 saturated heterocycles.